The number of H-pyrrole nitrogens is 1. The van der Waals surface area contributed by atoms with E-state index in [1.165, 1.54) is 26.9 Å². The summed E-state index contributed by atoms with van der Waals surface area (Å²) in [6, 6.07) is 27.1. The fourth-order valence-electron chi connectivity index (χ4n) is 3.85. The molecule has 1 heterocycles. The Labute approximate surface area is 153 Å². The van der Waals surface area contributed by atoms with Crippen molar-refractivity contribution in [3.05, 3.63) is 78.9 Å². The molecule has 3 heteroatoms. The van der Waals surface area contributed by atoms with Crippen LogP contribution < -0.4 is 0 Å². The third-order valence-corrected chi connectivity index (χ3v) is 5.98. The lowest BCUT2D eigenvalue weighted by Gasteiger charge is -2.06. The maximum atomic E-state index is 12.2. The first-order valence-corrected chi connectivity index (χ1v) is 10.1. The minimum Gasteiger partial charge on any atom is -0.354 e. The van der Waals surface area contributed by atoms with E-state index in [1.54, 1.807) is 6.26 Å². The summed E-state index contributed by atoms with van der Waals surface area (Å²) < 4.78 is 12.2. The Bertz CT molecular complexity index is 1240. The predicted octanol–water partition coefficient (Wildman–Crippen LogP) is 5.88. The quantitative estimate of drug-likeness (QED) is 0.394. The highest BCUT2D eigenvalue weighted by Gasteiger charge is 2.14. The van der Waals surface area contributed by atoms with Crippen molar-refractivity contribution < 1.29 is 4.21 Å². The van der Waals surface area contributed by atoms with E-state index < -0.39 is 10.8 Å². The summed E-state index contributed by atoms with van der Waals surface area (Å²) in [6.07, 6.45) is 1.73. The molecular formula is C23H17NOS. The van der Waals surface area contributed by atoms with Gasteiger partial charge in [-0.1, -0.05) is 66.7 Å². The number of rotatable bonds is 2. The zero-order valence-electron chi connectivity index (χ0n) is 14.3. The van der Waals surface area contributed by atoms with Gasteiger partial charge in [0.2, 0.25) is 0 Å². The Morgan fingerprint density at radius 3 is 1.92 bits per heavy atom. The van der Waals surface area contributed by atoms with Crippen LogP contribution in [0.25, 0.3) is 43.7 Å². The third-order valence-electron chi connectivity index (χ3n) is 5.01. The molecule has 1 unspecified atom stereocenters. The smallest absolute Gasteiger partial charge is 0.0544 e. The molecule has 2 nitrogen and oxygen atoms in total. The molecule has 0 saturated carbocycles. The molecule has 4 aromatic carbocycles. The molecule has 1 atom stereocenters. The largest absolute Gasteiger partial charge is 0.354 e. The summed E-state index contributed by atoms with van der Waals surface area (Å²) in [5, 5.41) is 6.15. The maximum absolute atomic E-state index is 12.2. The molecule has 26 heavy (non-hydrogen) atoms. The minimum atomic E-state index is -1.04. The summed E-state index contributed by atoms with van der Waals surface area (Å²) >= 11 is 0. The van der Waals surface area contributed by atoms with Crippen molar-refractivity contribution in [3.63, 3.8) is 0 Å². The van der Waals surface area contributed by atoms with Gasteiger partial charge in [0, 0.05) is 33.2 Å². The molecule has 0 aliphatic rings. The van der Waals surface area contributed by atoms with E-state index in [2.05, 4.69) is 59.6 Å². The SMILES string of the molecule is CS(=O)c1ccccc1-c1cc2c3ccccc3c3ccccc3c2[nH]1. The molecular weight excluding hydrogens is 338 g/mol. The molecule has 0 spiro atoms. The average Bonchev–Trinajstić information content (AvgIpc) is 3.14. The highest BCUT2D eigenvalue weighted by atomic mass is 32.2. The number of fused-ring (bicyclic) bond motifs is 6. The van der Waals surface area contributed by atoms with Crippen LogP contribution in [0.2, 0.25) is 0 Å². The molecule has 1 N–H and O–H groups in total. The molecule has 0 saturated heterocycles. The van der Waals surface area contributed by atoms with Crippen molar-refractivity contribution in [1.82, 2.24) is 4.98 Å². The predicted molar refractivity (Wildman–Crippen MR) is 111 cm³/mol. The molecule has 0 aliphatic carbocycles. The number of hydrogen-bond acceptors (Lipinski definition) is 1. The topological polar surface area (TPSA) is 32.9 Å². The van der Waals surface area contributed by atoms with Crippen molar-refractivity contribution in [2.24, 2.45) is 0 Å². The Balaban J connectivity index is 1.94. The van der Waals surface area contributed by atoms with Crippen LogP contribution in [0.15, 0.2) is 83.8 Å². The highest BCUT2D eigenvalue weighted by molar-refractivity contribution is 7.84. The molecule has 126 valence electrons. The Morgan fingerprint density at radius 2 is 1.23 bits per heavy atom. The fourth-order valence-corrected chi connectivity index (χ4v) is 4.61. The van der Waals surface area contributed by atoms with Gasteiger partial charge in [0.1, 0.15) is 0 Å². The van der Waals surface area contributed by atoms with Gasteiger partial charge in [0.15, 0.2) is 0 Å². The monoisotopic (exact) mass is 355 g/mol. The number of benzene rings is 4. The van der Waals surface area contributed by atoms with Crippen molar-refractivity contribution in [2.75, 3.05) is 6.26 Å². The molecule has 0 radical (unpaired) electrons. The summed E-state index contributed by atoms with van der Waals surface area (Å²) in [4.78, 5) is 4.46. The van der Waals surface area contributed by atoms with E-state index in [4.69, 9.17) is 0 Å². The first-order valence-electron chi connectivity index (χ1n) is 8.59. The van der Waals surface area contributed by atoms with Crippen LogP contribution in [-0.4, -0.2) is 15.4 Å². The van der Waals surface area contributed by atoms with Crippen molar-refractivity contribution in [3.8, 4) is 11.3 Å². The van der Waals surface area contributed by atoms with E-state index in [0.717, 1.165) is 21.7 Å². The fraction of sp³-hybridized carbons (Fsp3) is 0.0435. The minimum absolute atomic E-state index is 0.854. The summed E-state index contributed by atoms with van der Waals surface area (Å²) in [5.74, 6) is 0. The van der Waals surface area contributed by atoms with E-state index >= 15 is 0 Å². The van der Waals surface area contributed by atoms with Crippen LogP contribution in [0.5, 0.6) is 0 Å². The standard InChI is InChI=1S/C23H17NOS/c1-26(25)22-13-7-6-12-19(22)21-14-20-17-10-3-2-8-15(17)16-9-4-5-11-18(16)23(20)24-21/h2-14,24H,1H3. The van der Waals surface area contributed by atoms with Gasteiger partial charge in [-0.25, -0.2) is 0 Å². The van der Waals surface area contributed by atoms with Crippen molar-refractivity contribution >= 4 is 43.2 Å². The zero-order valence-corrected chi connectivity index (χ0v) is 15.1. The Kier molecular flexibility index (Phi) is 3.44. The molecule has 5 rings (SSSR count). The summed E-state index contributed by atoms with van der Waals surface area (Å²) in [6.45, 7) is 0. The van der Waals surface area contributed by atoms with Gasteiger partial charge in [0.25, 0.3) is 0 Å². The normalized spacial score (nSPS) is 12.8. The lowest BCUT2D eigenvalue weighted by molar-refractivity contribution is 0.687. The number of hydrogen-bond donors (Lipinski definition) is 1. The number of aromatic amines is 1. The molecule has 0 bridgehead atoms. The van der Waals surface area contributed by atoms with E-state index in [-0.39, 0.29) is 0 Å². The van der Waals surface area contributed by atoms with E-state index in [9.17, 15) is 4.21 Å². The second-order valence-electron chi connectivity index (χ2n) is 6.51. The van der Waals surface area contributed by atoms with Gasteiger partial charge < -0.3 is 4.98 Å². The van der Waals surface area contributed by atoms with E-state index in [0.29, 0.717) is 0 Å². The lowest BCUT2D eigenvalue weighted by Crippen LogP contribution is -1.91. The third kappa shape index (κ3) is 2.21. The van der Waals surface area contributed by atoms with Crippen LogP contribution in [0.1, 0.15) is 0 Å². The van der Waals surface area contributed by atoms with Crippen molar-refractivity contribution in [2.45, 2.75) is 4.90 Å². The molecule has 0 aliphatic heterocycles. The first kappa shape index (κ1) is 15.4. The molecule has 5 aromatic rings. The molecule has 1 aromatic heterocycles. The van der Waals surface area contributed by atoms with Gasteiger partial charge in [-0.2, -0.15) is 0 Å². The van der Waals surface area contributed by atoms with Gasteiger partial charge in [-0.05, 0) is 28.3 Å². The van der Waals surface area contributed by atoms with Gasteiger partial charge >= 0.3 is 0 Å². The van der Waals surface area contributed by atoms with Crippen LogP contribution in [0.3, 0.4) is 0 Å². The Morgan fingerprint density at radius 1 is 0.692 bits per heavy atom. The molecule has 0 fully saturated rings. The average molecular weight is 355 g/mol. The number of nitrogens with one attached hydrogen (secondary N) is 1. The summed E-state index contributed by atoms with van der Waals surface area (Å²) in [7, 11) is -1.04. The van der Waals surface area contributed by atoms with Crippen LogP contribution in [0.4, 0.5) is 0 Å². The maximum Gasteiger partial charge on any atom is 0.0544 e. The highest BCUT2D eigenvalue weighted by Crippen LogP contribution is 2.37. The number of aromatic nitrogens is 1. The Hall–Kier alpha value is -2.91. The second-order valence-corrected chi connectivity index (χ2v) is 7.86. The zero-order chi connectivity index (χ0) is 17.7. The molecule has 0 amide bonds. The van der Waals surface area contributed by atoms with Crippen LogP contribution >= 0.6 is 0 Å². The summed E-state index contributed by atoms with van der Waals surface area (Å²) in [5.41, 5.74) is 3.14. The van der Waals surface area contributed by atoms with Gasteiger partial charge in [-0.3, -0.25) is 4.21 Å². The van der Waals surface area contributed by atoms with Crippen LogP contribution in [0, 0.1) is 0 Å². The van der Waals surface area contributed by atoms with Crippen LogP contribution in [-0.2, 0) is 10.8 Å². The van der Waals surface area contributed by atoms with E-state index in [1.807, 2.05) is 24.3 Å². The second kappa shape index (κ2) is 5.82. The lowest BCUT2D eigenvalue weighted by atomic mass is 9.98. The van der Waals surface area contributed by atoms with Gasteiger partial charge in [-0.15, -0.1) is 0 Å². The first-order chi connectivity index (χ1) is 12.7. The van der Waals surface area contributed by atoms with Crippen molar-refractivity contribution in [1.29, 1.82) is 0 Å². The van der Waals surface area contributed by atoms with Gasteiger partial charge in [0.05, 0.1) is 16.3 Å².